The highest BCUT2D eigenvalue weighted by Crippen LogP contribution is 2.26. The van der Waals surface area contributed by atoms with Gasteiger partial charge in [-0.15, -0.1) is 0 Å². The lowest BCUT2D eigenvalue weighted by molar-refractivity contribution is 0.0946. The van der Waals surface area contributed by atoms with E-state index in [0.29, 0.717) is 23.0 Å². The topological polar surface area (TPSA) is 61.0 Å². The number of nitrogens with zero attached hydrogens (tertiary/aromatic N) is 2. The lowest BCUT2D eigenvalue weighted by Gasteiger charge is -2.12. The van der Waals surface area contributed by atoms with Crippen molar-refractivity contribution < 1.29 is 4.79 Å². The van der Waals surface area contributed by atoms with E-state index in [-0.39, 0.29) is 5.91 Å². The molecule has 0 saturated carbocycles. The summed E-state index contributed by atoms with van der Waals surface area (Å²) in [5.41, 5.74) is 3.99. The van der Waals surface area contributed by atoms with Crippen LogP contribution in [0.1, 0.15) is 16.1 Å². The number of hydrogen-bond donors (Lipinski definition) is 2. The largest absolute Gasteiger partial charge is 0.378 e. The van der Waals surface area contributed by atoms with E-state index in [1.54, 1.807) is 12.1 Å². The molecular formula is C19H19ClN4O. The lowest BCUT2D eigenvalue weighted by Crippen LogP contribution is -2.23. The molecule has 1 heterocycles. The Bertz CT molecular complexity index is 871. The Hall–Kier alpha value is -2.79. The Labute approximate surface area is 151 Å². The molecule has 0 radical (unpaired) electrons. The van der Waals surface area contributed by atoms with Crippen LogP contribution in [0.3, 0.4) is 0 Å². The molecule has 1 aromatic heterocycles. The molecule has 6 heteroatoms. The van der Waals surface area contributed by atoms with E-state index in [9.17, 15) is 4.79 Å². The number of H-pyrrole nitrogens is 1. The van der Waals surface area contributed by atoms with Gasteiger partial charge in [0.2, 0.25) is 0 Å². The summed E-state index contributed by atoms with van der Waals surface area (Å²) in [6.45, 7) is 0.451. The minimum Gasteiger partial charge on any atom is -0.378 e. The molecule has 1 amide bonds. The minimum absolute atomic E-state index is 0.206. The van der Waals surface area contributed by atoms with Crippen molar-refractivity contribution in [3.63, 3.8) is 0 Å². The van der Waals surface area contributed by atoms with Crippen LogP contribution >= 0.6 is 11.6 Å². The van der Waals surface area contributed by atoms with Crippen molar-refractivity contribution in [3.05, 3.63) is 70.9 Å². The van der Waals surface area contributed by atoms with Gasteiger partial charge in [-0.2, -0.15) is 5.10 Å². The number of aromatic nitrogens is 2. The fourth-order valence-electron chi connectivity index (χ4n) is 2.43. The maximum atomic E-state index is 12.3. The van der Waals surface area contributed by atoms with Crippen LogP contribution in [-0.4, -0.2) is 30.2 Å². The Morgan fingerprint density at radius 2 is 1.88 bits per heavy atom. The zero-order valence-electron chi connectivity index (χ0n) is 14.1. The monoisotopic (exact) mass is 354 g/mol. The van der Waals surface area contributed by atoms with Gasteiger partial charge >= 0.3 is 0 Å². The van der Waals surface area contributed by atoms with Crippen molar-refractivity contribution in [1.82, 2.24) is 15.5 Å². The zero-order valence-corrected chi connectivity index (χ0v) is 14.8. The Kier molecular flexibility index (Phi) is 5.05. The number of anilines is 1. The summed E-state index contributed by atoms with van der Waals surface area (Å²) in [4.78, 5) is 14.3. The van der Waals surface area contributed by atoms with Gasteiger partial charge in [0.15, 0.2) is 0 Å². The van der Waals surface area contributed by atoms with Crippen molar-refractivity contribution in [3.8, 4) is 11.3 Å². The molecule has 2 N–H and O–H groups in total. The van der Waals surface area contributed by atoms with Crippen molar-refractivity contribution in [1.29, 1.82) is 0 Å². The molecule has 0 aliphatic heterocycles. The molecule has 128 valence electrons. The average Bonchev–Trinajstić information content (AvgIpc) is 3.10. The van der Waals surface area contributed by atoms with Gasteiger partial charge in [0.1, 0.15) is 5.69 Å². The average molecular weight is 355 g/mol. The molecule has 0 unspecified atom stereocenters. The quantitative estimate of drug-likeness (QED) is 0.734. The predicted octanol–water partition coefficient (Wildman–Crippen LogP) is 3.73. The lowest BCUT2D eigenvalue weighted by atomic mass is 10.1. The maximum Gasteiger partial charge on any atom is 0.269 e. The molecule has 0 aliphatic carbocycles. The van der Waals surface area contributed by atoms with E-state index in [1.165, 1.54) is 0 Å². The van der Waals surface area contributed by atoms with Crippen LogP contribution in [0.25, 0.3) is 11.3 Å². The maximum absolute atomic E-state index is 12.3. The van der Waals surface area contributed by atoms with Gasteiger partial charge in [0.05, 0.1) is 10.7 Å². The van der Waals surface area contributed by atoms with Crippen LogP contribution in [0.5, 0.6) is 0 Å². The fourth-order valence-corrected chi connectivity index (χ4v) is 2.67. The molecule has 0 aliphatic rings. The van der Waals surface area contributed by atoms with Crippen LogP contribution in [0.15, 0.2) is 54.6 Å². The van der Waals surface area contributed by atoms with Crippen molar-refractivity contribution in [2.24, 2.45) is 0 Å². The first-order chi connectivity index (χ1) is 12.0. The van der Waals surface area contributed by atoms with E-state index in [2.05, 4.69) is 15.5 Å². The van der Waals surface area contributed by atoms with Crippen LogP contribution < -0.4 is 10.2 Å². The molecule has 0 fully saturated rings. The molecule has 3 aromatic rings. The number of halogens is 1. The van der Waals surface area contributed by atoms with E-state index in [0.717, 1.165) is 16.8 Å². The highest BCUT2D eigenvalue weighted by Gasteiger charge is 2.12. The first-order valence-corrected chi connectivity index (χ1v) is 8.27. The summed E-state index contributed by atoms with van der Waals surface area (Å²) in [7, 11) is 3.98. The van der Waals surface area contributed by atoms with Crippen molar-refractivity contribution in [2.75, 3.05) is 19.0 Å². The summed E-state index contributed by atoms with van der Waals surface area (Å²) in [6.07, 6.45) is 0. The van der Waals surface area contributed by atoms with Gasteiger partial charge in [0.25, 0.3) is 5.91 Å². The van der Waals surface area contributed by atoms with E-state index >= 15 is 0 Å². The van der Waals surface area contributed by atoms with E-state index < -0.39 is 0 Å². The zero-order chi connectivity index (χ0) is 17.8. The fraction of sp³-hybridized carbons (Fsp3) is 0.158. The van der Waals surface area contributed by atoms with Gasteiger partial charge in [-0.1, -0.05) is 41.9 Å². The summed E-state index contributed by atoms with van der Waals surface area (Å²) in [6, 6.07) is 17.1. The number of aromatic amines is 1. The molecule has 0 saturated heterocycles. The van der Waals surface area contributed by atoms with Crippen LogP contribution in [-0.2, 0) is 6.54 Å². The van der Waals surface area contributed by atoms with Crippen molar-refractivity contribution in [2.45, 2.75) is 6.54 Å². The third-order valence-corrected chi connectivity index (χ3v) is 4.21. The van der Waals surface area contributed by atoms with Gasteiger partial charge in [0, 0.05) is 31.9 Å². The number of rotatable bonds is 5. The number of carbonyl (C=O) groups is 1. The highest BCUT2D eigenvalue weighted by molar-refractivity contribution is 6.33. The minimum atomic E-state index is -0.206. The highest BCUT2D eigenvalue weighted by atomic mass is 35.5. The molecule has 25 heavy (non-hydrogen) atoms. The molecule has 0 spiro atoms. The smallest absolute Gasteiger partial charge is 0.269 e. The first-order valence-electron chi connectivity index (χ1n) is 7.89. The second-order valence-electron chi connectivity index (χ2n) is 5.89. The second kappa shape index (κ2) is 7.40. The Balaban J connectivity index is 1.65. The second-order valence-corrected chi connectivity index (χ2v) is 6.30. The molecule has 0 bridgehead atoms. The normalized spacial score (nSPS) is 10.5. The number of carbonyl (C=O) groups excluding carboxylic acids is 1. The van der Waals surface area contributed by atoms with E-state index in [1.807, 2.05) is 61.5 Å². The first kappa shape index (κ1) is 17.0. The summed E-state index contributed by atoms with van der Waals surface area (Å²) in [5.74, 6) is -0.206. The third kappa shape index (κ3) is 4.00. The molecule has 2 aromatic carbocycles. The summed E-state index contributed by atoms with van der Waals surface area (Å²) in [5, 5.41) is 10.4. The Morgan fingerprint density at radius 3 is 2.56 bits per heavy atom. The van der Waals surface area contributed by atoms with Crippen LogP contribution in [0, 0.1) is 0 Å². The van der Waals surface area contributed by atoms with Crippen LogP contribution in [0.2, 0.25) is 5.02 Å². The SMILES string of the molecule is CN(C)c1ccc(CNC(=O)c2cc(-c3ccccc3Cl)n[nH]2)cc1. The molecular weight excluding hydrogens is 336 g/mol. The summed E-state index contributed by atoms with van der Waals surface area (Å²) < 4.78 is 0. The molecule has 5 nitrogen and oxygen atoms in total. The van der Waals surface area contributed by atoms with Crippen LogP contribution in [0.4, 0.5) is 5.69 Å². The standard InChI is InChI=1S/C19H19ClN4O/c1-24(2)14-9-7-13(8-10-14)12-21-19(25)18-11-17(22-23-18)15-5-3-4-6-16(15)20/h3-11H,12H2,1-2H3,(H,21,25)(H,22,23). The molecule has 0 atom stereocenters. The van der Waals surface area contributed by atoms with Crippen molar-refractivity contribution >= 4 is 23.2 Å². The third-order valence-electron chi connectivity index (χ3n) is 3.88. The van der Waals surface area contributed by atoms with Gasteiger partial charge in [-0.25, -0.2) is 0 Å². The Morgan fingerprint density at radius 1 is 1.16 bits per heavy atom. The number of hydrogen-bond acceptors (Lipinski definition) is 3. The van der Waals surface area contributed by atoms with E-state index in [4.69, 9.17) is 11.6 Å². The molecule has 3 rings (SSSR count). The number of amides is 1. The number of nitrogens with one attached hydrogen (secondary N) is 2. The van der Waals surface area contributed by atoms with Gasteiger partial charge in [-0.05, 0) is 29.8 Å². The van der Waals surface area contributed by atoms with Gasteiger partial charge < -0.3 is 10.2 Å². The predicted molar refractivity (Wildman–Crippen MR) is 101 cm³/mol. The van der Waals surface area contributed by atoms with Gasteiger partial charge in [-0.3, -0.25) is 9.89 Å². The summed E-state index contributed by atoms with van der Waals surface area (Å²) >= 11 is 6.17. The number of benzene rings is 2.